The van der Waals surface area contributed by atoms with E-state index >= 15 is 0 Å². The van der Waals surface area contributed by atoms with Gasteiger partial charge in [-0.3, -0.25) is 4.79 Å². The van der Waals surface area contributed by atoms with Crippen molar-refractivity contribution >= 4 is 22.4 Å². The molecule has 0 radical (unpaired) electrons. The molecule has 5 nitrogen and oxygen atoms in total. The van der Waals surface area contributed by atoms with Gasteiger partial charge in [0.2, 0.25) is 10.1 Å². The zero-order valence-electron chi connectivity index (χ0n) is 9.23. The number of hydrogen-bond acceptors (Lipinski definition) is 5. The minimum atomic E-state index is -0.106. The van der Waals surface area contributed by atoms with Gasteiger partial charge in [0.05, 0.1) is 0 Å². The van der Waals surface area contributed by atoms with Crippen LogP contribution in [-0.2, 0) is 0 Å². The fourth-order valence-corrected chi connectivity index (χ4v) is 1.88. The van der Waals surface area contributed by atoms with Crippen molar-refractivity contribution in [1.29, 1.82) is 0 Å². The van der Waals surface area contributed by atoms with Crippen LogP contribution in [0.2, 0.25) is 0 Å². The summed E-state index contributed by atoms with van der Waals surface area (Å²) in [6.07, 6.45) is 2.04. The molecule has 1 amide bonds. The molecule has 6 heteroatoms. The summed E-state index contributed by atoms with van der Waals surface area (Å²) in [4.78, 5) is 13.5. The van der Waals surface area contributed by atoms with E-state index in [1.807, 2.05) is 6.92 Å². The number of nitrogen functional groups attached to an aromatic ring is 1. The highest BCUT2D eigenvalue weighted by Crippen LogP contribution is 2.15. The summed E-state index contributed by atoms with van der Waals surface area (Å²) in [5.74, 6) is -0.106. The maximum atomic E-state index is 11.9. The van der Waals surface area contributed by atoms with Gasteiger partial charge in [0.15, 0.2) is 0 Å². The Morgan fingerprint density at radius 1 is 1.60 bits per heavy atom. The largest absolute Gasteiger partial charge is 0.374 e. The highest BCUT2D eigenvalue weighted by atomic mass is 32.1. The first kappa shape index (κ1) is 11.9. The average Bonchev–Trinajstić information content (AvgIpc) is 2.63. The molecule has 0 aliphatic heterocycles. The van der Waals surface area contributed by atoms with Gasteiger partial charge in [-0.2, -0.15) is 0 Å². The highest BCUT2D eigenvalue weighted by Gasteiger charge is 2.20. The Morgan fingerprint density at radius 3 is 2.73 bits per heavy atom. The Hall–Kier alpha value is -1.17. The van der Waals surface area contributed by atoms with Crippen LogP contribution in [0, 0.1) is 0 Å². The molecule has 2 N–H and O–H groups in total. The second kappa shape index (κ2) is 5.06. The molecule has 1 heterocycles. The number of hydrogen-bond donors (Lipinski definition) is 1. The molecule has 0 aliphatic rings. The van der Waals surface area contributed by atoms with Crippen LogP contribution < -0.4 is 5.73 Å². The average molecular weight is 228 g/mol. The van der Waals surface area contributed by atoms with E-state index in [4.69, 9.17) is 5.73 Å². The molecule has 0 bridgehead atoms. The molecule has 0 aliphatic carbocycles. The van der Waals surface area contributed by atoms with Crippen molar-refractivity contribution < 1.29 is 4.79 Å². The summed E-state index contributed by atoms with van der Waals surface area (Å²) >= 11 is 1.12. The molecule has 84 valence electrons. The fraction of sp³-hybridized carbons (Fsp3) is 0.667. The summed E-state index contributed by atoms with van der Waals surface area (Å²) in [5.41, 5.74) is 5.43. The topological polar surface area (TPSA) is 72.1 Å². The predicted molar refractivity (Wildman–Crippen MR) is 60.8 cm³/mol. The van der Waals surface area contributed by atoms with Crippen LogP contribution in [-0.4, -0.2) is 34.1 Å². The van der Waals surface area contributed by atoms with E-state index in [0.717, 1.165) is 24.2 Å². The Morgan fingerprint density at radius 2 is 2.27 bits per heavy atom. The maximum Gasteiger partial charge on any atom is 0.284 e. The quantitative estimate of drug-likeness (QED) is 0.845. The third-order valence-electron chi connectivity index (χ3n) is 2.31. The Kier molecular flexibility index (Phi) is 4.02. The number of carbonyl (C=O) groups excluding carboxylic acids is 1. The van der Waals surface area contributed by atoms with E-state index in [0.29, 0.717) is 10.1 Å². The molecule has 0 fully saturated rings. The zero-order valence-corrected chi connectivity index (χ0v) is 10.0. The third kappa shape index (κ3) is 2.89. The molecule has 1 aromatic rings. The standard InChI is InChI=1S/C9H16N4OS/c1-4-5-6(2)13(3)8(14)7-11-12-9(10)15-7/h6H,4-5H2,1-3H3,(H2,10,12). The summed E-state index contributed by atoms with van der Waals surface area (Å²) in [7, 11) is 1.78. The van der Waals surface area contributed by atoms with E-state index in [1.165, 1.54) is 0 Å². The molecule has 1 aromatic heterocycles. The zero-order chi connectivity index (χ0) is 11.4. The lowest BCUT2D eigenvalue weighted by Crippen LogP contribution is -2.34. The fourth-order valence-electron chi connectivity index (χ4n) is 1.28. The van der Waals surface area contributed by atoms with Crippen LogP contribution >= 0.6 is 11.3 Å². The molecule has 0 saturated heterocycles. The van der Waals surface area contributed by atoms with Crippen molar-refractivity contribution in [2.75, 3.05) is 12.8 Å². The highest BCUT2D eigenvalue weighted by molar-refractivity contribution is 7.16. The summed E-state index contributed by atoms with van der Waals surface area (Å²) < 4.78 is 0. The van der Waals surface area contributed by atoms with Crippen LogP contribution in [0.25, 0.3) is 0 Å². The summed E-state index contributed by atoms with van der Waals surface area (Å²) in [5, 5.41) is 8.04. The van der Waals surface area contributed by atoms with Crippen molar-refractivity contribution in [3.05, 3.63) is 5.01 Å². The SMILES string of the molecule is CCCC(C)N(C)C(=O)c1nnc(N)s1. The first-order valence-corrected chi connectivity index (χ1v) is 5.74. The van der Waals surface area contributed by atoms with Crippen LogP contribution in [0.5, 0.6) is 0 Å². The monoisotopic (exact) mass is 228 g/mol. The molecular weight excluding hydrogens is 212 g/mol. The number of anilines is 1. The molecule has 1 rings (SSSR count). The molecule has 0 spiro atoms. The van der Waals surface area contributed by atoms with Crippen LogP contribution in [0.4, 0.5) is 5.13 Å². The number of nitrogens with two attached hydrogens (primary N) is 1. The van der Waals surface area contributed by atoms with Gasteiger partial charge in [0.1, 0.15) is 0 Å². The smallest absolute Gasteiger partial charge is 0.284 e. The lowest BCUT2D eigenvalue weighted by Gasteiger charge is -2.23. The Labute approximate surface area is 93.3 Å². The van der Waals surface area contributed by atoms with Gasteiger partial charge in [-0.25, -0.2) is 0 Å². The van der Waals surface area contributed by atoms with E-state index < -0.39 is 0 Å². The van der Waals surface area contributed by atoms with Crippen LogP contribution in [0.1, 0.15) is 36.5 Å². The molecular formula is C9H16N4OS. The Balaban J connectivity index is 2.68. The van der Waals surface area contributed by atoms with Crippen molar-refractivity contribution in [2.45, 2.75) is 32.7 Å². The lowest BCUT2D eigenvalue weighted by atomic mass is 10.2. The van der Waals surface area contributed by atoms with Gasteiger partial charge in [0, 0.05) is 13.1 Å². The van der Waals surface area contributed by atoms with E-state index in [1.54, 1.807) is 11.9 Å². The molecule has 1 unspecified atom stereocenters. The maximum absolute atomic E-state index is 11.9. The van der Waals surface area contributed by atoms with Gasteiger partial charge in [0.25, 0.3) is 5.91 Å². The van der Waals surface area contributed by atoms with Gasteiger partial charge >= 0.3 is 0 Å². The van der Waals surface area contributed by atoms with Gasteiger partial charge in [-0.05, 0) is 13.3 Å². The van der Waals surface area contributed by atoms with Crippen molar-refractivity contribution in [2.24, 2.45) is 0 Å². The minimum absolute atomic E-state index is 0.106. The van der Waals surface area contributed by atoms with Gasteiger partial charge in [-0.1, -0.05) is 24.7 Å². The molecule has 15 heavy (non-hydrogen) atoms. The molecule has 1 atom stereocenters. The first-order valence-electron chi connectivity index (χ1n) is 4.92. The molecule has 0 saturated carbocycles. The van der Waals surface area contributed by atoms with Crippen molar-refractivity contribution in [1.82, 2.24) is 15.1 Å². The number of nitrogens with zero attached hydrogens (tertiary/aromatic N) is 3. The van der Waals surface area contributed by atoms with Crippen LogP contribution in [0.3, 0.4) is 0 Å². The van der Waals surface area contributed by atoms with Crippen LogP contribution in [0.15, 0.2) is 0 Å². The number of aromatic nitrogens is 2. The second-order valence-corrected chi connectivity index (χ2v) is 4.51. The first-order chi connectivity index (χ1) is 7.06. The van der Waals surface area contributed by atoms with Crippen molar-refractivity contribution in [3.8, 4) is 0 Å². The predicted octanol–water partition coefficient (Wildman–Crippen LogP) is 1.38. The minimum Gasteiger partial charge on any atom is -0.374 e. The number of amides is 1. The Bertz CT molecular complexity index is 339. The van der Waals surface area contributed by atoms with Crippen molar-refractivity contribution in [3.63, 3.8) is 0 Å². The third-order valence-corrected chi connectivity index (χ3v) is 3.05. The van der Waals surface area contributed by atoms with E-state index in [9.17, 15) is 4.79 Å². The normalized spacial score (nSPS) is 12.5. The number of rotatable bonds is 4. The molecule has 0 aromatic carbocycles. The summed E-state index contributed by atoms with van der Waals surface area (Å²) in [6.45, 7) is 4.11. The van der Waals surface area contributed by atoms with Gasteiger partial charge < -0.3 is 10.6 Å². The summed E-state index contributed by atoms with van der Waals surface area (Å²) in [6, 6.07) is 0.215. The second-order valence-electron chi connectivity index (χ2n) is 3.50. The van der Waals surface area contributed by atoms with Gasteiger partial charge in [-0.15, -0.1) is 10.2 Å². The lowest BCUT2D eigenvalue weighted by molar-refractivity contribution is 0.0735. The van der Waals surface area contributed by atoms with E-state index in [2.05, 4.69) is 17.1 Å². The number of carbonyl (C=O) groups is 1. The van der Waals surface area contributed by atoms with E-state index in [-0.39, 0.29) is 11.9 Å².